The van der Waals surface area contributed by atoms with Crippen LogP contribution >= 0.6 is 0 Å². The highest BCUT2D eigenvalue weighted by atomic mass is 16.6. The first-order valence-electron chi connectivity index (χ1n) is 8.09. The lowest BCUT2D eigenvalue weighted by molar-refractivity contribution is 0.171. The number of hydrogen-bond acceptors (Lipinski definition) is 4. The first-order chi connectivity index (χ1) is 10.3. The van der Waals surface area contributed by atoms with Crippen molar-refractivity contribution in [1.82, 2.24) is 10.2 Å². The Morgan fingerprint density at radius 1 is 1.14 bits per heavy atom. The van der Waals surface area contributed by atoms with E-state index < -0.39 is 0 Å². The van der Waals surface area contributed by atoms with Gasteiger partial charge in [-0.3, -0.25) is 0 Å². The van der Waals surface area contributed by atoms with Crippen molar-refractivity contribution in [3.63, 3.8) is 0 Å². The van der Waals surface area contributed by atoms with Crippen molar-refractivity contribution in [3.8, 4) is 11.5 Å². The number of nitrogens with zero attached hydrogens (tertiary/aromatic N) is 1. The fourth-order valence-electron chi connectivity index (χ4n) is 3.05. The number of nitrogens with one attached hydrogen (secondary N) is 1. The van der Waals surface area contributed by atoms with Crippen molar-refractivity contribution in [2.75, 3.05) is 46.4 Å². The zero-order chi connectivity index (χ0) is 14.5. The molecule has 0 aromatic heterocycles. The number of benzene rings is 1. The normalized spacial score (nSPS) is 19.7. The van der Waals surface area contributed by atoms with Gasteiger partial charge in [0.25, 0.3) is 0 Å². The molecule has 21 heavy (non-hydrogen) atoms. The third kappa shape index (κ3) is 4.11. The molecule has 0 spiro atoms. The van der Waals surface area contributed by atoms with Crippen LogP contribution in [0, 0.1) is 5.92 Å². The van der Waals surface area contributed by atoms with E-state index in [1.165, 1.54) is 31.5 Å². The predicted octanol–water partition coefficient (Wildman–Crippen LogP) is 1.93. The lowest BCUT2D eigenvalue weighted by atomic mass is 9.97. The maximum Gasteiger partial charge on any atom is 0.161 e. The highest BCUT2D eigenvalue weighted by Crippen LogP contribution is 2.30. The molecule has 4 heteroatoms. The number of hydrogen-bond donors (Lipinski definition) is 1. The molecule has 2 heterocycles. The van der Waals surface area contributed by atoms with Gasteiger partial charge in [-0.25, -0.2) is 0 Å². The number of ether oxygens (including phenoxy) is 2. The quantitative estimate of drug-likeness (QED) is 0.840. The summed E-state index contributed by atoms with van der Waals surface area (Å²) in [6.45, 7) is 5.99. The zero-order valence-electron chi connectivity index (χ0n) is 12.9. The van der Waals surface area contributed by atoms with Gasteiger partial charge in [-0.05, 0) is 76.1 Å². The molecule has 0 radical (unpaired) electrons. The fourth-order valence-corrected chi connectivity index (χ4v) is 3.05. The van der Waals surface area contributed by atoms with E-state index in [9.17, 15) is 0 Å². The zero-order valence-corrected chi connectivity index (χ0v) is 12.9. The Morgan fingerprint density at radius 2 is 1.90 bits per heavy atom. The molecule has 0 atom stereocenters. The third-order valence-corrected chi connectivity index (χ3v) is 4.47. The minimum absolute atomic E-state index is 0.657. The average molecular weight is 290 g/mol. The van der Waals surface area contributed by atoms with Crippen LogP contribution in [0.4, 0.5) is 0 Å². The van der Waals surface area contributed by atoms with Gasteiger partial charge >= 0.3 is 0 Å². The van der Waals surface area contributed by atoms with Gasteiger partial charge in [-0.15, -0.1) is 0 Å². The molecule has 3 rings (SSSR count). The molecule has 1 fully saturated rings. The number of fused-ring (bicyclic) bond motifs is 1. The van der Waals surface area contributed by atoms with E-state index in [1.54, 1.807) is 0 Å². The van der Waals surface area contributed by atoms with E-state index in [4.69, 9.17) is 9.47 Å². The SMILES string of the molecule is CN1CCC(CNCCc2ccc3c(c2)OCCO3)CC1. The molecule has 0 aliphatic carbocycles. The molecular weight excluding hydrogens is 264 g/mol. The van der Waals surface area contributed by atoms with Crippen molar-refractivity contribution in [3.05, 3.63) is 23.8 Å². The summed E-state index contributed by atoms with van der Waals surface area (Å²) in [6.07, 6.45) is 3.70. The second kappa shape index (κ2) is 7.14. The summed E-state index contributed by atoms with van der Waals surface area (Å²) in [4.78, 5) is 2.42. The molecule has 0 amide bonds. The topological polar surface area (TPSA) is 33.7 Å². The lowest BCUT2D eigenvalue weighted by Crippen LogP contribution is -2.35. The first kappa shape index (κ1) is 14.7. The Kier molecular flexibility index (Phi) is 4.99. The van der Waals surface area contributed by atoms with Crippen LogP contribution in [0.2, 0.25) is 0 Å². The standard InChI is InChI=1S/C17H26N2O2/c1-19-8-5-15(6-9-19)13-18-7-4-14-2-3-16-17(12-14)21-11-10-20-16/h2-3,12,15,18H,4-11,13H2,1H3. The molecule has 2 aliphatic rings. The maximum atomic E-state index is 5.63. The molecule has 2 aliphatic heterocycles. The molecule has 1 saturated heterocycles. The Morgan fingerprint density at radius 3 is 2.71 bits per heavy atom. The van der Waals surface area contributed by atoms with Crippen LogP contribution in [0.15, 0.2) is 18.2 Å². The van der Waals surface area contributed by atoms with E-state index in [-0.39, 0.29) is 0 Å². The predicted molar refractivity (Wildman–Crippen MR) is 84.2 cm³/mol. The summed E-state index contributed by atoms with van der Waals surface area (Å²) in [7, 11) is 2.21. The number of rotatable bonds is 5. The van der Waals surface area contributed by atoms with Gasteiger partial charge in [0.2, 0.25) is 0 Å². The third-order valence-electron chi connectivity index (χ3n) is 4.47. The van der Waals surface area contributed by atoms with Gasteiger partial charge < -0.3 is 19.7 Å². The summed E-state index contributed by atoms with van der Waals surface area (Å²) in [5.74, 6) is 2.62. The van der Waals surface area contributed by atoms with Crippen LogP contribution in [0.1, 0.15) is 18.4 Å². The average Bonchev–Trinajstić information content (AvgIpc) is 2.53. The molecule has 1 aromatic rings. The summed E-state index contributed by atoms with van der Waals surface area (Å²) in [5.41, 5.74) is 1.31. The summed E-state index contributed by atoms with van der Waals surface area (Å²) in [6, 6.07) is 6.29. The molecule has 1 N–H and O–H groups in total. The molecule has 0 saturated carbocycles. The number of likely N-dealkylation sites (tertiary alicyclic amines) is 1. The largest absolute Gasteiger partial charge is 0.486 e. The van der Waals surface area contributed by atoms with Gasteiger partial charge in [0, 0.05) is 0 Å². The van der Waals surface area contributed by atoms with Crippen LogP contribution in [0.25, 0.3) is 0 Å². The Hall–Kier alpha value is -1.26. The van der Waals surface area contributed by atoms with Gasteiger partial charge in [0.15, 0.2) is 11.5 Å². The monoisotopic (exact) mass is 290 g/mol. The van der Waals surface area contributed by atoms with E-state index >= 15 is 0 Å². The lowest BCUT2D eigenvalue weighted by Gasteiger charge is -2.29. The summed E-state index contributed by atoms with van der Waals surface area (Å²) >= 11 is 0. The highest BCUT2D eigenvalue weighted by molar-refractivity contribution is 5.43. The smallest absolute Gasteiger partial charge is 0.161 e. The van der Waals surface area contributed by atoms with Crippen molar-refractivity contribution >= 4 is 0 Å². The number of piperidine rings is 1. The van der Waals surface area contributed by atoms with E-state index in [2.05, 4.69) is 29.4 Å². The summed E-state index contributed by atoms with van der Waals surface area (Å²) < 4.78 is 11.2. The fraction of sp³-hybridized carbons (Fsp3) is 0.647. The van der Waals surface area contributed by atoms with Crippen molar-refractivity contribution in [2.24, 2.45) is 5.92 Å². The van der Waals surface area contributed by atoms with Crippen molar-refractivity contribution < 1.29 is 9.47 Å². The summed E-state index contributed by atoms with van der Waals surface area (Å²) in [5, 5.41) is 3.61. The maximum absolute atomic E-state index is 5.63. The first-order valence-corrected chi connectivity index (χ1v) is 8.09. The Bertz CT molecular complexity index is 456. The Balaban J connectivity index is 1.39. The minimum Gasteiger partial charge on any atom is -0.486 e. The van der Waals surface area contributed by atoms with E-state index in [0.29, 0.717) is 13.2 Å². The second-order valence-corrected chi connectivity index (χ2v) is 6.18. The van der Waals surface area contributed by atoms with Crippen LogP contribution in [-0.4, -0.2) is 51.3 Å². The second-order valence-electron chi connectivity index (χ2n) is 6.18. The van der Waals surface area contributed by atoms with Crippen LogP contribution < -0.4 is 14.8 Å². The van der Waals surface area contributed by atoms with E-state index in [1.807, 2.05) is 6.07 Å². The highest BCUT2D eigenvalue weighted by Gasteiger charge is 2.16. The Labute approximate surface area is 127 Å². The van der Waals surface area contributed by atoms with Crippen LogP contribution in [0.3, 0.4) is 0 Å². The minimum atomic E-state index is 0.657. The van der Waals surface area contributed by atoms with Gasteiger partial charge in [-0.1, -0.05) is 6.07 Å². The molecular formula is C17H26N2O2. The molecule has 116 valence electrons. The van der Waals surface area contributed by atoms with E-state index in [0.717, 1.165) is 36.9 Å². The molecule has 0 bridgehead atoms. The van der Waals surface area contributed by atoms with Crippen LogP contribution in [0.5, 0.6) is 11.5 Å². The van der Waals surface area contributed by atoms with Crippen molar-refractivity contribution in [2.45, 2.75) is 19.3 Å². The van der Waals surface area contributed by atoms with Gasteiger partial charge in [-0.2, -0.15) is 0 Å². The molecule has 1 aromatic carbocycles. The van der Waals surface area contributed by atoms with Gasteiger partial charge in [0.05, 0.1) is 0 Å². The van der Waals surface area contributed by atoms with Crippen LogP contribution in [-0.2, 0) is 6.42 Å². The molecule has 4 nitrogen and oxygen atoms in total. The van der Waals surface area contributed by atoms with Gasteiger partial charge in [0.1, 0.15) is 13.2 Å². The molecule has 0 unspecified atom stereocenters. The van der Waals surface area contributed by atoms with Crippen molar-refractivity contribution in [1.29, 1.82) is 0 Å².